The van der Waals surface area contributed by atoms with Gasteiger partial charge in [-0.1, -0.05) is 66.7 Å². The van der Waals surface area contributed by atoms with Crippen LogP contribution in [0.1, 0.15) is 15.9 Å². The fraction of sp³-hybridized carbons (Fsp3) is 0.136. The van der Waals surface area contributed by atoms with Crippen LogP contribution in [0.15, 0.2) is 91.0 Å². The predicted molar refractivity (Wildman–Crippen MR) is 103 cm³/mol. The van der Waals surface area contributed by atoms with Gasteiger partial charge < -0.3 is 9.64 Å². The van der Waals surface area contributed by atoms with Crippen molar-refractivity contribution in [2.75, 3.05) is 19.0 Å². The predicted octanol–water partition coefficient (Wildman–Crippen LogP) is 4.80. The Bertz CT molecular complexity index is 741. The van der Waals surface area contributed by atoms with Crippen LogP contribution in [0.4, 0.5) is 5.69 Å². The summed E-state index contributed by atoms with van der Waals surface area (Å²) in [6, 6.07) is 28.9. The van der Waals surface area contributed by atoms with Crippen LogP contribution in [-0.2, 0) is 11.3 Å². The Morgan fingerprint density at radius 1 is 0.760 bits per heavy atom. The molecule has 3 aromatic carbocycles. The van der Waals surface area contributed by atoms with Gasteiger partial charge in [-0.2, -0.15) is 0 Å². The molecular weight excluding hydrogens is 310 g/mol. The molecule has 0 amide bonds. The third kappa shape index (κ3) is 6.51. The van der Waals surface area contributed by atoms with Crippen molar-refractivity contribution in [3.63, 3.8) is 0 Å². The molecule has 0 unspecified atom stereocenters. The molecule has 0 aliphatic heterocycles. The van der Waals surface area contributed by atoms with Gasteiger partial charge in [0.1, 0.15) is 6.61 Å². The monoisotopic (exact) mass is 333 g/mol. The van der Waals surface area contributed by atoms with Gasteiger partial charge in [0.25, 0.3) is 0 Å². The quantitative estimate of drug-likeness (QED) is 0.643. The van der Waals surface area contributed by atoms with E-state index < -0.39 is 0 Å². The number of nitrogens with zero attached hydrogens (tertiary/aromatic N) is 1. The molecule has 3 heteroatoms. The van der Waals surface area contributed by atoms with Crippen LogP contribution in [-0.4, -0.2) is 20.1 Å². The number of rotatable bonds is 4. The van der Waals surface area contributed by atoms with E-state index in [1.807, 2.05) is 80.8 Å². The Labute approximate surface area is 149 Å². The average Bonchev–Trinajstić information content (AvgIpc) is 2.69. The number of carbonyl (C=O) groups excluding carboxylic acids is 1. The second-order valence-corrected chi connectivity index (χ2v) is 5.66. The van der Waals surface area contributed by atoms with E-state index in [1.165, 1.54) is 5.69 Å². The fourth-order valence-corrected chi connectivity index (χ4v) is 2.11. The molecule has 0 fully saturated rings. The fourth-order valence-electron chi connectivity index (χ4n) is 2.11. The van der Waals surface area contributed by atoms with Crippen LogP contribution in [0.5, 0.6) is 0 Å². The number of hydrogen-bond acceptors (Lipinski definition) is 3. The molecule has 25 heavy (non-hydrogen) atoms. The minimum Gasteiger partial charge on any atom is -0.457 e. The molecule has 0 spiro atoms. The molecule has 3 rings (SSSR count). The van der Waals surface area contributed by atoms with E-state index in [2.05, 4.69) is 17.0 Å². The molecule has 128 valence electrons. The highest BCUT2D eigenvalue weighted by Gasteiger charge is 2.05. The molecule has 3 nitrogen and oxygen atoms in total. The summed E-state index contributed by atoms with van der Waals surface area (Å²) in [4.78, 5) is 13.7. The Kier molecular flexibility index (Phi) is 7.26. The smallest absolute Gasteiger partial charge is 0.338 e. The normalized spacial score (nSPS) is 9.52. The van der Waals surface area contributed by atoms with Gasteiger partial charge in [-0.3, -0.25) is 0 Å². The first kappa shape index (κ1) is 18.3. The van der Waals surface area contributed by atoms with E-state index >= 15 is 0 Å². The first-order valence-electron chi connectivity index (χ1n) is 8.15. The Hall–Kier alpha value is -3.07. The minimum absolute atomic E-state index is 0.288. The summed E-state index contributed by atoms with van der Waals surface area (Å²) in [6.07, 6.45) is 0. The summed E-state index contributed by atoms with van der Waals surface area (Å²) < 4.78 is 5.18. The number of para-hydroxylation sites is 1. The molecule has 0 radical (unpaired) electrons. The molecule has 0 saturated heterocycles. The van der Waals surface area contributed by atoms with Gasteiger partial charge >= 0.3 is 5.97 Å². The lowest BCUT2D eigenvalue weighted by Gasteiger charge is -2.10. The summed E-state index contributed by atoms with van der Waals surface area (Å²) in [5.74, 6) is -0.288. The standard InChI is InChI=1S/C14H12O2.C8H11N/c15-14(13-9-5-2-6-10-13)16-11-12-7-3-1-4-8-12;1-9(2)8-6-4-3-5-7-8/h1-10H,11H2;3-7H,1-2H3. The third-order valence-corrected chi connectivity index (χ3v) is 3.49. The zero-order chi connectivity index (χ0) is 17.9. The van der Waals surface area contributed by atoms with Crippen molar-refractivity contribution in [2.45, 2.75) is 6.61 Å². The van der Waals surface area contributed by atoms with Crippen LogP contribution >= 0.6 is 0 Å². The first-order valence-corrected chi connectivity index (χ1v) is 8.15. The Morgan fingerprint density at radius 2 is 1.24 bits per heavy atom. The van der Waals surface area contributed by atoms with Gasteiger partial charge in [0.05, 0.1) is 5.56 Å². The van der Waals surface area contributed by atoms with Gasteiger partial charge in [0, 0.05) is 19.8 Å². The lowest BCUT2D eigenvalue weighted by atomic mass is 10.2. The van der Waals surface area contributed by atoms with Crippen molar-refractivity contribution in [1.29, 1.82) is 0 Å². The first-order chi connectivity index (χ1) is 12.2. The molecule has 0 aromatic heterocycles. The number of esters is 1. The van der Waals surface area contributed by atoms with Gasteiger partial charge in [0.15, 0.2) is 0 Å². The maximum absolute atomic E-state index is 11.6. The van der Waals surface area contributed by atoms with Crippen molar-refractivity contribution >= 4 is 11.7 Å². The summed E-state index contributed by atoms with van der Waals surface area (Å²) in [7, 11) is 4.07. The van der Waals surface area contributed by atoms with E-state index in [0.29, 0.717) is 12.2 Å². The summed E-state index contributed by atoms with van der Waals surface area (Å²) in [6.45, 7) is 0.314. The summed E-state index contributed by atoms with van der Waals surface area (Å²) >= 11 is 0. The van der Waals surface area contributed by atoms with Crippen LogP contribution in [0.2, 0.25) is 0 Å². The maximum Gasteiger partial charge on any atom is 0.338 e. The molecule has 0 bridgehead atoms. The second-order valence-electron chi connectivity index (χ2n) is 5.66. The zero-order valence-electron chi connectivity index (χ0n) is 14.6. The van der Waals surface area contributed by atoms with Gasteiger partial charge in [-0.25, -0.2) is 4.79 Å². The topological polar surface area (TPSA) is 29.5 Å². The van der Waals surface area contributed by atoms with Gasteiger partial charge in [-0.15, -0.1) is 0 Å². The number of carbonyl (C=O) groups is 1. The van der Waals surface area contributed by atoms with Gasteiger partial charge in [-0.05, 0) is 29.8 Å². The van der Waals surface area contributed by atoms with E-state index in [-0.39, 0.29) is 5.97 Å². The maximum atomic E-state index is 11.6. The molecule has 0 N–H and O–H groups in total. The molecule has 3 aromatic rings. The molecule has 0 heterocycles. The van der Waals surface area contributed by atoms with E-state index in [9.17, 15) is 4.79 Å². The largest absolute Gasteiger partial charge is 0.457 e. The number of benzene rings is 3. The van der Waals surface area contributed by atoms with Crippen molar-refractivity contribution < 1.29 is 9.53 Å². The number of anilines is 1. The van der Waals surface area contributed by atoms with E-state index in [0.717, 1.165) is 5.56 Å². The average molecular weight is 333 g/mol. The molecule has 0 atom stereocenters. The highest BCUT2D eigenvalue weighted by molar-refractivity contribution is 5.89. The van der Waals surface area contributed by atoms with Crippen molar-refractivity contribution in [3.8, 4) is 0 Å². The van der Waals surface area contributed by atoms with Crippen molar-refractivity contribution in [1.82, 2.24) is 0 Å². The molecule has 0 aliphatic carbocycles. The van der Waals surface area contributed by atoms with Crippen LogP contribution < -0.4 is 4.90 Å². The van der Waals surface area contributed by atoms with Crippen LogP contribution in [0.3, 0.4) is 0 Å². The Morgan fingerprint density at radius 3 is 1.72 bits per heavy atom. The number of ether oxygens (including phenoxy) is 1. The summed E-state index contributed by atoms with van der Waals surface area (Å²) in [5.41, 5.74) is 2.82. The zero-order valence-corrected chi connectivity index (χ0v) is 14.6. The van der Waals surface area contributed by atoms with Crippen LogP contribution in [0.25, 0.3) is 0 Å². The second kappa shape index (κ2) is 9.93. The summed E-state index contributed by atoms with van der Waals surface area (Å²) in [5, 5.41) is 0. The Balaban J connectivity index is 0.000000212. The van der Waals surface area contributed by atoms with Crippen LogP contribution in [0, 0.1) is 0 Å². The SMILES string of the molecule is CN(C)c1ccccc1.O=C(OCc1ccccc1)c1ccccc1. The highest BCUT2D eigenvalue weighted by atomic mass is 16.5. The third-order valence-electron chi connectivity index (χ3n) is 3.49. The van der Waals surface area contributed by atoms with Crippen molar-refractivity contribution in [2.24, 2.45) is 0 Å². The highest BCUT2D eigenvalue weighted by Crippen LogP contribution is 2.07. The lowest BCUT2D eigenvalue weighted by Crippen LogP contribution is -2.07. The molecule has 0 aliphatic rings. The van der Waals surface area contributed by atoms with Gasteiger partial charge in [0.2, 0.25) is 0 Å². The van der Waals surface area contributed by atoms with E-state index in [4.69, 9.17) is 4.74 Å². The van der Waals surface area contributed by atoms with Crippen molar-refractivity contribution in [3.05, 3.63) is 102 Å². The number of hydrogen-bond donors (Lipinski definition) is 0. The van der Waals surface area contributed by atoms with E-state index in [1.54, 1.807) is 12.1 Å². The lowest BCUT2D eigenvalue weighted by molar-refractivity contribution is 0.0472. The minimum atomic E-state index is -0.288. The molecule has 0 saturated carbocycles. The molecular formula is C22H23NO2.